The maximum atomic E-state index is 12.9. The van der Waals surface area contributed by atoms with Crippen molar-refractivity contribution < 1.29 is 8.42 Å². The largest absolute Gasteiger partial charge is 0.304 e. The van der Waals surface area contributed by atoms with Crippen LogP contribution < -0.4 is 10.4 Å². The predicted molar refractivity (Wildman–Crippen MR) is 119 cm³/mol. The number of nitrogens with one attached hydrogen (secondary N) is 1. The SMILES string of the molecule is CN1CCN(S(=O)(=O)c2ccc(NN(c3ccccc3)c3ccccc3)nc2)CC1. The number of anilines is 3. The van der Waals surface area contributed by atoms with Crippen molar-refractivity contribution in [1.29, 1.82) is 0 Å². The fourth-order valence-electron chi connectivity index (χ4n) is 3.32. The van der Waals surface area contributed by atoms with Crippen molar-refractivity contribution in [1.82, 2.24) is 14.2 Å². The quantitative estimate of drug-likeness (QED) is 0.614. The molecule has 1 aromatic heterocycles. The number of para-hydroxylation sites is 2. The van der Waals surface area contributed by atoms with Gasteiger partial charge in [-0.2, -0.15) is 4.31 Å². The first-order valence-electron chi connectivity index (χ1n) is 9.86. The molecule has 2 aromatic carbocycles. The van der Waals surface area contributed by atoms with Crippen LogP contribution in [0.4, 0.5) is 17.2 Å². The third kappa shape index (κ3) is 4.46. The maximum absolute atomic E-state index is 12.9. The molecular weight excluding hydrogens is 398 g/mol. The summed E-state index contributed by atoms with van der Waals surface area (Å²) in [7, 11) is -1.54. The van der Waals surface area contributed by atoms with Gasteiger partial charge in [-0.25, -0.2) is 13.4 Å². The maximum Gasteiger partial charge on any atom is 0.244 e. The van der Waals surface area contributed by atoms with Crippen molar-refractivity contribution in [3.8, 4) is 0 Å². The summed E-state index contributed by atoms with van der Waals surface area (Å²) in [5, 5.41) is 1.91. The van der Waals surface area contributed by atoms with E-state index in [-0.39, 0.29) is 4.90 Å². The predicted octanol–water partition coefficient (Wildman–Crippen LogP) is 3.18. The number of hydrazine groups is 1. The molecule has 0 spiro atoms. The van der Waals surface area contributed by atoms with Crippen LogP contribution in [0, 0.1) is 0 Å². The minimum atomic E-state index is -3.53. The summed E-state index contributed by atoms with van der Waals surface area (Å²) in [5.74, 6) is 0.556. The van der Waals surface area contributed by atoms with E-state index in [1.54, 1.807) is 12.1 Å². The Morgan fingerprint density at radius 3 is 1.90 bits per heavy atom. The molecule has 2 heterocycles. The van der Waals surface area contributed by atoms with Gasteiger partial charge in [-0.3, -0.25) is 10.4 Å². The topological polar surface area (TPSA) is 68.8 Å². The number of hydrogen-bond acceptors (Lipinski definition) is 6. The standard InChI is InChI=1S/C22H25N5O2S/c1-25-14-16-26(17-15-25)30(28,29)21-12-13-22(23-18-21)24-27(19-8-4-2-5-9-19)20-10-6-3-7-11-20/h2-13,18H,14-17H2,1H3,(H,23,24). The summed E-state index contributed by atoms with van der Waals surface area (Å²) in [4.78, 5) is 6.71. The molecule has 30 heavy (non-hydrogen) atoms. The zero-order valence-corrected chi connectivity index (χ0v) is 17.7. The van der Waals surface area contributed by atoms with Crippen LogP contribution in [-0.4, -0.2) is 55.8 Å². The van der Waals surface area contributed by atoms with Crippen LogP contribution in [-0.2, 0) is 10.0 Å². The molecule has 0 radical (unpaired) electrons. The second-order valence-corrected chi connectivity index (χ2v) is 9.14. The zero-order chi connectivity index (χ0) is 21.0. The molecule has 1 fully saturated rings. The molecule has 1 N–H and O–H groups in total. The van der Waals surface area contributed by atoms with Gasteiger partial charge >= 0.3 is 0 Å². The fourth-order valence-corrected chi connectivity index (χ4v) is 4.69. The number of piperazine rings is 1. The Balaban J connectivity index is 1.56. The van der Waals surface area contributed by atoms with E-state index in [2.05, 4.69) is 15.3 Å². The molecule has 3 aromatic rings. The first kappa shape index (κ1) is 20.3. The molecule has 7 nitrogen and oxygen atoms in total. The van der Waals surface area contributed by atoms with Crippen molar-refractivity contribution in [2.45, 2.75) is 4.90 Å². The third-order valence-corrected chi connectivity index (χ3v) is 6.97. The number of pyridine rings is 1. The summed E-state index contributed by atoms with van der Waals surface area (Å²) in [6, 6.07) is 23.1. The van der Waals surface area contributed by atoms with Crippen LogP contribution >= 0.6 is 0 Å². The Labute approximate surface area is 177 Å². The third-order valence-electron chi connectivity index (χ3n) is 5.09. The van der Waals surface area contributed by atoms with Gasteiger partial charge in [0.05, 0.1) is 11.4 Å². The molecule has 4 rings (SSSR count). The van der Waals surface area contributed by atoms with Gasteiger partial charge in [-0.15, -0.1) is 0 Å². The minimum absolute atomic E-state index is 0.212. The Morgan fingerprint density at radius 1 is 0.833 bits per heavy atom. The van der Waals surface area contributed by atoms with Crippen LogP contribution in [0.1, 0.15) is 0 Å². The molecule has 1 saturated heterocycles. The molecule has 0 saturated carbocycles. The summed E-state index contributed by atoms with van der Waals surface area (Å²) in [5.41, 5.74) is 5.17. The number of likely N-dealkylation sites (N-methyl/N-ethyl adjacent to an activating group) is 1. The van der Waals surface area contributed by atoms with Gasteiger partial charge in [0, 0.05) is 32.4 Å². The van der Waals surface area contributed by atoms with Gasteiger partial charge in [-0.05, 0) is 43.4 Å². The summed E-state index contributed by atoms with van der Waals surface area (Å²) >= 11 is 0. The highest BCUT2D eigenvalue weighted by Gasteiger charge is 2.27. The number of sulfonamides is 1. The summed E-state index contributed by atoms with van der Waals surface area (Å²) < 4.78 is 27.3. The molecule has 8 heteroatoms. The lowest BCUT2D eigenvalue weighted by molar-refractivity contribution is 0.222. The van der Waals surface area contributed by atoms with Crippen molar-refractivity contribution in [2.24, 2.45) is 0 Å². The lowest BCUT2D eigenvalue weighted by Crippen LogP contribution is -2.47. The molecule has 0 unspecified atom stereocenters. The molecule has 0 amide bonds. The van der Waals surface area contributed by atoms with Gasteiger partial charge in [-0.1, -0.05) is 36.4 Å². The molecule has 156 valence electrons. The van der Waals surface area contributed by atoms with E-state index in [0.29, 0.717) is 18.9 Å². The van der Waals surface area contributed by atoms with Crippen molar-refractivity contribution in [3.05, 3.63) is 79.0 Å². The van der Waals surface area contributed by atoms with Crippen LogP contribution in [0.5, 0.6) is 0 Å². The Kier molecular flexibility index (Phi) is 5.98. The van der Waals surface area contributed by atoms with Crippen LogP contribution in [0.3, 0.4) is 0 Å². The van der Waals surface area contributed by atoms with Gasteiger partial charge in [0.15, 0.2) is 0 Å². The van der Waals surface area contributed by atoms with Gasteiger partial charge in [0.1, 0.15) is 10.7 Å². The van der Waals surface area contributed by atoms with E-state index in [4.69, 9.17) is 0 Å². The lowest BCUT2D eigenvalue weighted by Gasteiger charge is -2.31. The van der Waals surface area contributed by atoms with Crippen molar-refractivity contribution >= 4 is 27.2 Å². The summed E-state index contributed by atoms with van der Waals surface area (Å²) in [6.45, 7) is 2.45. The van der Waals surface area contributed by atoms with E-state index in [1.165, 1.54) is 10.5 Å². The zero-order valence-electron chi connectivity index (χ0n) is 16.8. The van der Waals surface area contributed by atoms with E-state index >= 15 is 0 Å². The highest BCUT2D eigenvalue weighted by Crippen LogP contribution is 2.26. The van der Waals surface area contributed by atoms with E-state index < -0.39 is 10.0 Å². The molecule has 1 aliphatic rings. The second kappa shape index (κ2) is 8.83. The molecular formula is C22H25N5O2S. The smallest absolute Gasteiger partial charge is 0.244 e. The normalized spacial score (nSPS) is 15.6. The summed E-state index contributed by atoms with van der Waals surface area (Å²) in [6.07, 6.45) is 1.42. The number of aromatic nitrogens is 1. The monoisotopic (exact) mass is 423 g/mol. The van der Waals surface area contributed by atoms with Crippen LogP contribution in [0.2, 0.25) is 0 Å². The molecule has 0 bridgehead atoms. The first-order chi connectivity index (χ1) is 14.5. The minimum Gasteiger partial charge on any atom is -0.304 e. The molecule has 0 atom stereocenters. The number of nitrogens with zero attached hydrogens (tertiary/aromatic N) is 4. The van der Waals surface area contributed by atoms with Crippen molar-refractivity contribution in [2.75, 3.05) is 43.7 Å². The average molecular weight is 424 g/mol. The fraction of sp³-hybridized carbons (Fsp3) is 0.227. The number of benzene rings is 2. The van der Waals surface area contributed by atoms with Crippen LogP contribution in [0.25, 0.3) is 0 Å². The van der Waals surface area contributed by atoms with E-state index in [9.17, 15) is 8.42 Å². The highest BCUT2D eigenvalue weighted by molar-refractivity contribution is 7.89. The second-order valence-electron chi connectivity index (χ2n) is 7.20. The Bertz CT molecular complexity index is 1010. The molecule has 0 aliphatic carbocycles. The Morgan fingerprint density at radius 2 is 1.40 bits per heavy atom. The number of rotatable bonds is 6. The van der Waals surface area contributed by atoms with Gasteiger partial charge in [0.25, 0.3) is 0 Å². The van der Waals surface area contributed by atoms with E-state index in [1.807, 2.05) is 72.7 Å². The van der Waals surface area contributed by atoms with Gasteiger partial charge in [0.2, 0.25) is 10.0 Å². The lowest BCUT2D eigenvalue weighted by atomic mass is 10.2. The van der Waals surface area contributed by atoms with E-state index in [0.717, 1.165) is 24.5 Å². The number of hydrogen-bond donors (Lipinski definition) is 1. The van der Waals surface area contributed by atoms with Crippen molar-refractivity contribution in [3.63, 3.8) is 0 Å². The highest BCUT2D eigenvalue weighted by atomic mass is 32.2. The molecule has 1 aliphatic heterocycles. The van der Waals surface area contributed by atoms with Gasteiger partial charge < -0.3 is 4.90 Å². The first-order valence-corrected chi connectivity index (χ1v) is 11.3. The van der Waals surface area contributed by atoms with Crippen LogP contribution in [0.15, 0.2) is 83.9 Å². The Hall–Kier alpha value is -2.94. The average Bonchev–Trinajstić information content (AvgIpc) is 2.79.